The Balaban J connectivity index is -0.0000000800. The summed E-state index contributed by atoms with van der Waals surface area (Å²) in [5.74, 6) is 0. The normalized spacial score (nSPS) is 8.57. The van der Waals surface area contributed by atoms with E-state index in [1.165, 1.54) is 0 Å². The van der Waals surface area contributed by atoms with Crippen LogP contribution < -0.4 is 34.7 Å². The van der Waals surface area contributed by atoms with E-state index in [1.807, 2.05) is 0 Å². The first-order valence-corrected chi connectivity index (χ1v) is 1.70. The molecule has 0 aliphatic rings. The summed E-state index contributed by atoms with van der Waals surface area (Å²) in [7, 11) is 0. The summed E-state index contributed by atoms with van der Waals surface area (Å²) in [5.41, 5.74) is -0.750. The third-order valence-corrected chi connectivity index (χ3v) is 0. The monoisotopic (exact) mass is 107 g/mol. The molecule has 0 aromatic rings. The van der Waals surface area contributed by atoms with Crippen LogP contribution in [0.2, 0.25) is 0 Å². The molecule has 3 heteroatoms. The van der Waals surface area contributed by atoms with E-state index in [4.69, 9.17) is 0 Å². The Morgan fingerprint density at radius 2 is 1.14 bits per heavy atom. The molecule has 0 heterocycles. The van der Waals surface area contributed by atoms with Gasteiger partial charge in [0.15, 0.2) is 0 Å². The molecule has 1 nitrogen and oxygen atoms in total. The van der Waals surface area contributed by atoms with Crippen LogP contribution in [0.5, 0.6) is 0 Å². The second kappa shape index (κ2) is 5.17. The Kier molecular flexibility index (Phi) is 11.6. The molecular weight excluding hydrogens is 97.8 g/mol. The van der Waals surface area contributed by atoms with Gasteiger partial charge in [-0.05, 0) is 0 Å². The molecule has 0 atom stereocenters. The fourth-order valence-corrected chi connectivity index (χ4v) is 0. The molecule has 0 unspecified atom stereocenters. The topological polar surface area (TPSA) is 23.1 Å². The second-order valence-electron chi connectivity index (χ2n) is 2.11. The minimum atomic E-state index is -0.750. The van der Waals surface area contributed by atoms with E-state index in [2.05, 4.69) is 0 Å². The quantitative estimate of drug-likeness (QED) is 0.298. The Morgan fingerprint density at radius 3 is 1.14 bits per heavy atom. The first kappa shape index (κ1) is 15.7. The molecule has 0 saturated heterocycles. The molecule has 0 saturated carbocycles. The molecule has 3 radical (unpaired) electrons. The van der Waals surface area contributed by atoms with Crippen LogP contribution in [-0.2, 0) is 0 Å². The van der Waals surface area contributed by atoms with Crippen LogP contribution in [0.15, 0.2) is 0 Å². The molecule has 35 valence electrons. The van der Waals surface area contributed by atoms with Crippen LogP contribution in [-0.4, -0.2) is 14.0 Å². The Labute approximate surface area is 69.4 Å². The van der Waals surface area contributed by atoms with Crippen molar-refractivity contribution in [1.82, 2.24) is 0 Å². The molecule has 0 amide bonds. The third-order valence-electron chi connectivity index (χ3n) is 0. The van der Waals surface area contributed by atoms with Crippen molar-refractivity contribution in [3.63, 3.8) is 0 Å². The van der Waals surface area contributed by atoms with E-state index >= 15 is 0 Å². The maximum absolute atomic E-state index is 10.1. The summed E-state index contributed by atoms with van der Waals surface area (Å²) in [6, 6.07) is 0. The van der Waals surface area contributed by atoms with Gasteiger partial charge >= 0.3 is 29.6 Å². The van der Waals surface area contributed by atoms with E-state index < -0.39 is 5.60 Å². The first-order valence-electron chi connectivity index (χ1n) is 1.70. The van der Waals surface area contributed by atoms with E-state index in [9.17, 15) is 5.11 Å². The number of hydrogen-bond acceptors (Lipinski definition) is 1. The molecule has 0 N–H and O–H groups in total. The molecular formula is C4H9BNaO. The van der Waals surface area contributed by atoms with Crippen molar-refractivity contribution in [2.75, 3.05) is 0 Å². The minimum Gasteiger partial charge on any atom is -0.850 e. The zero-order valence-electron chi connectivity index (χ0n) is 5.49. The molecule has 0 aliphatic carbocycles. The predicted molar refractivity (Wildman–Crippen MR) is 25.5 cm³/mol. The molecule has 0 aliphatic heterocycles. The van der Waals surface area contributed by atoms with Crippen molar-refractivity contribution >= 4 is 8.41 Å². The zero-order valence-corrected chi connectivity index (χ0v) is 7.49. The van der Waals surface area contributed by atoms with Crippen molar-refractivity contribution in [2.24, 2.45) is 0 Å². The maximum atomic E-state index is 10.1. The first-order chi connectivity index (χ1) is 2.00. The molecule has 7 heavy (non-hydrogen) atoms. The smallest absolute Gasteiger partial charge is 0.850 e. The predicted octanol–water partition coefficient (Wildman–Crippen LogP) is -3.23. The van der Waals surface area contributed by atoms with Gasteiger partial charge in [-0.2, -0.15) is 0 Å². The van der Waals surface area contributed by atoms with E-state index in [0.29, 0.717) is 0 Å². The van der Waals surface area contributed by atoms with Gasteiger partial charge in [0.25, 0.3) is 0 Å². The van der Waals surface area contributed by atoms with Gasteiger partial charge in [0, 0.05) is 8.41 Å². The van der Waals surface area contributed by atoms with Gasteiger partial charge in [-0.1, -0.05) is 20.8 Å². The summed E-state index contributed by atoms with van der Waals surface area (Å²) in [6.45, 7) is 4.90. The molecule has 0 bridgehead atoms. The van der Waals surface area contributed by atoms with E-state index in [0.717, 1.165) is 0 Å². The van der Waals surface area contributed by atoms with Gasteiger partial charge in [-0.25, -0.2) is 0 Å². The third kappa shape index (κ3) is 169. The van der Waals surface area contributed by atoms with Crippen molar-refractivity contribution in [1.29, 1.82) is 0 Å². The number of rotatable bonds is 0. The fourth-order valence-electron chi connectivity index (χ4n) is 0. The molecule has 0 rings (SSSR count). The van der Waals surface area contributed by atoms with E-state index in [-0.39, 0.29) is 38.0 Å². The van der Waals surface area contributed by atoms with Gasteiger partial charge in [0.05, 0.1) is 0 Å². The standard InChI is InChI=1S/C4H9O.B.Na/c1-4(2,3)5;;/h1-3H3;;/q-1;;+1. The maximum Gasteiger partial charge on any atom is 1.00 e. The molecule has 0 fully saturated rings. The number of hydrogen-bond donors (Lipinski definition) is 0. The largest absolute Gasteiger partial charge is 1.00 e. The van der Waals surface area contributed by atoms with Crippen LogP contribution in [0.1, 0.15) is 20.8 Å². The van der Waals surface area contributed by atoms with Crippen LogP contribution in [0, 0.1) is 0 Å². The van der Waals surface area contributed by atoms with Crippen LogP contribution in [0.25, 0.3) is 0 Å². The van der Waals surface area contributed by atoms with Crippen LogP contribution in [0.3, 0.4) is 0 Å². The minimum absolute atomic E-state index is 0. The summed E-state index contributed by atoms with van der Waals surface area (Å²) in [5, 5.41) is 10.1. The molecule has 0 spiro atoms. The Morgan fingerprint density at radius 1 is 1.14 bits per heavy atom. The Bertz CT molecular complexity index is 27.2. The molecule has 0 aromatic heterocycles. The summed E-state index contributed by atoms with van der Waals surface area (Å²) in [6.07, 6.45) is 0. The zero-order chi connectivity index (χ0) is 4.50. The van der Waals surface area contributed by atoms with Gasteiger partial charge < -0.3 is 5.11 Å². The van der Waals surface area contributed by atoms with Crippen LogP contribution in [0.4, 0.5) is 0 Å². The van der Waals surface area contributed by atoms with E-state index in [1.54, 1.807) is 20.8 Å². The van der Waals surface area contributed by atoms with Gasteiger partial charge in [0.2, 0.25) is 0 Å². The van der Waals surface area contributed by atoms with Crippen molar-refractivity contribution in [3.8, 4) is 0 Å². The average Bonchev–Trinajstić information content (AvgIpc) is 0.722. The van der Waals surface area contributed by atoms with Crippen molar-refractivity contribution in [3.05, 3.63) is 0 Å². The second-order valence-corrected chi connectivity index (χ2v) is 2.11. The van der Waals surface area contributed by atoms with Crippen LogP contribution >= 0.6 is 0 Å². The van der Waals surface area contributed by atoms with Gasteiger partial charge in [-0.3, -0.25) is 0 Å². The van der Waals surface area contributed by atoms with Crippen molar-refractivity contribution in [2.45, 2.75) is 26.4 Å². The summed E-state index contributed by atoms with van der Waals surface area (Å²) in [4.78, 5) is 0. The van der Waals surface area contributed by atoms with Crippen molar-refractivity contribution < 1.29 is 34.7 Å². The van der Waals surface area contributed by atoms with Gasteiger partial charge in [-0.15, -0.1) is 5.60 Å². The average molecular weight is 107 g/mol. The summed E-state index contributed by atoms with van der Waals surface area (Å²) >= 11 is 0. The summed E-state index contributed by atoms with van der Waals surface area (Å²) < 4.78 is 0. The van der Waals surface area contributed by atoms with Gasteiger partial charge in [0.1, 0.15) is 0 Å². The molecule has 0 aromatic carbocycles. The SMILES string of the molecule is CC(C)(C)[O-].[B].[Na+]. The fraction of sp³-hybridized carbons (Fsp3) is 1.00. The Hall–Kier alpha value is 1.02.